The topological polar surface area (TPSA) is 6.48 Å². The fourth-order valence-corrected chi connectivity index (χ4v) is 4.30. The SMILES string of the molecule is CCN(CC)C(C)CN1c2ccccc2Sc2ccccc21.[Pb]. The molecule has 1 aliphatic rings. The number of likely N-dealkylation sites (N-methyl/N-ethyl adjacent to an activating group) is 1. The Kier molecular flexibility index (Phi) is 6.98. The largest absolute Gasteiger partial charge is 0.338 e. The molecule has 4 heteroatoms. The molecule has 1 aliphatic heterocycles. The zero-order chi connectivity index (χ0) is 15.5. The van der Waals surface area contributed by atoms with Crippen LogP contribution in [-0.4, -0.2) is 57.9 Å². The van der Waals surface area contributed by atoms with Crippen molar-refractivity contribution >= 4 is 50.4 Å². The molecule has 2 nitrogen and oxygen atoms in total. The van der Waals surface area contributed by atoms with Crippen LogP contribution in [0.2, 0.25) is 0 Å². The van der Waals surface area contributed by atoms with E-state index < -0.39 is 0 Å². The zero-order valence-corrected chi connectivity index (χ0v) is 18.8. The summed E-state index contributed by atoms with van der Waals surface area (Å²) in [4.78, 5) is 7.72. The van der Waals surface area contributed by atoms with Gasteiger partial charge in [-0.15, -0.1) is 0 Å². The van der Waals surface area contributed by atoms with Crippen molar-refractivity contribution in [2.45, 2.75) is 36.6 Å². The van der Waals surface area contributed by atoms with E-state index in [1.165, 1.54) is 21.2 Å². The van der Waals surface area contributed by atoms with Crippen LogP contribution in [0.5, 0.6) is 0 Å². The van der Waals surface area contributed by atoms with Crippen molar-refractivity contribution in [3.8, 4) is 0 Å². The van der Waals surface area contributed by atoms with Crippen LogP contribution in [0.3, 0.4) is 0 Å². The van der Waals surface area contributed by atoms with Gasteiger partial charge in [0.2, 0.25) is 0 Å². The average molecular weight is 520 g/mol. The summed E-state index contributed by atoms with van der Waals surface area (Å²) in [5, 5.41) is 0. The van der Waals surface area contributed by atoms with Gasteiger partial charge in [-0.05, 0) is 44.3 Å². The molecule has 2 aromatic rings. The first-order chi connectivity index (χ1) is 10.7. The fraction of sp³-hybridized carbons (Fsp3) is 0.368. The van der Waals surface area contributed by atoms with Crippen LogP contribution in [0.1, 0.15) is 20.8 Å². The van der Waals surface area contributed by atoms with Crippen LogP contribution < -0.4 is 4.90 Å². The maximum absolute atomic E-state index is 2.52. The summed E-state index contributed by atoms with van der Waals surface area (Å²) < 4.78 is 0. The van der Waals surface area contributed by atoms with Gasteiger partial charge in [0.15, 0.2) is 0 Å². The minimum atomic E-state index is 0. The van der Waals surface area contributed by atoms with Gasteiger partial charge in [0.1, 0.15) is 0 Å². The molecule has 1 unspecified atom stereocenters. The number of nitrogens with zero attached hydrogens (tertiary/aromatic N) is 2. The number of para-hydroxylation sites is 2. The van der Waals surface area contributed by atoms with Crippen molar-refractivity contribution < 1.29 is 0 Å². The van der Waals surface area contributed by atoms with Gasteiger partial charge in [-0.2, -0.15) is 0 Å². The zero-order valence-electron chi connectivity index (χ0n) is 14.1. The summed E-state index contributed by atoms with van der Waals surface area (Å²) in [6.45, 7) is 10.0. The Labute approximate surface area is 164 Å². The molecular weight excluding hydrogens is 495 g/mol. The van der Waals surface area contributed by atoms with Crippen molar-refractivity contribution in [2.75, 3.05) is 24.5 Å². The molecule has 2 aromatic carbocycles. The molecule has 0 aliphatic carbocycles. The van der Waals surface area contributed by atoms with E-state index in [1.54, 1.807) is 0 Å². The Morgan fingerprint density at radius 3 is 1.87 bits per heavy atom. The van der Waals surface area contributed by atoms with Crippen LogP contribution in [0.25, 0.3) is 0 Å². The van der Waals surface area contributed by atoms with E-state index in [1.807, 2.05) is 11.8 Å². The van der Waals surface area contributed by atoms with Crippen molar-refractivity contribution in [3.05, 3.63) is 48.5 Å². The van der Waals surface area contributed by atoms with Crippen molar-refractivity contribution in [3.63, 3.8) is 0 Å². The van der Waals surface area contributed by atoms with E-state index in [0.717, 1.165) is 19.6 Å². The van der Waals surface area contributed by atoms with Gasteiger partial charge < -0.3 is 4.90 Å². The van der Waals surface area contributed by atoms with E-state index in [9.17, 15) is 0 Å². The smallest absolute Gasteiger partial charge is 0.0553 e. The van der Waals surface area contributed by atoms with Crippen LogP contribution in [0, 0.1) is 0 Å². The number of hydrogen-bond acceptors (Lipinski definition) is 3. The third kappa shape index (κ3) is 3.94. The molecule has 0 saturated heterocycles. The van der Waals surface area contributed by atoms with Gasteiger partial charge in [-0.1, -0.05) is 49.9 Å². The van der Waals surface area contributed by atoms with Gasteiger partial charge in [-0.3, -0.25) is 4.90 Å². The molecule has 0 saturated carbocycles. The molecule has 4 radical (unpaired) electrons. The third-order valence-corrected chi connectivity index (χ3v) is 5.54. The van der Waals surface area contributed by atoms with Gasteiger partial charge in [-0.25, -0.2) is 0 Å². The maximum atomic E-state index is 2.52. The molecule has 1 atom stereocenters. The number of benzene rings is 2. The van der Waals surface area contributed by atoms with Gasteiger partial charge >= 0.3 is 0 Å². The molecule has 0 spiro atoms. The first kappa shape index (κ1) is 18.8. The van der Waals surface area contributed by atoms with Crippen molar-refractivity contribution in [1.82, 2.24) is 4.90 Å². The van der Waals surface area contributed by atoms with E-state index >= 15 is 0 Å². The second-order valence-corrected chi connectivity index (χ2v) is 6.80. The minimum absolute atomic E-state index is 0. The van der Waals surface area contributed by atoms with E-state index in [2.05, 4.69) is 79.1 Å². The summed E-state index contributed by atoms with van der Waals surface area (Å²) in [7, 11) is 0. The quantitative estimate of drug-likeness (QED) is 0.532. The van der Waals surface area contributed by atoms with E-state index in [-0.39, 0.29) is 27.3 Å². The number of rotatable bonds is 5. The molecule has 0 bridgehead atoms. The Morgan fingerprint density at radius 2 is 1.39 bits per heavy atom. The summed E-state index contributed by atoms with van der Waals surface area (Å²) >= 11 is 1.88. The molecule has 0 aromatic heterocycles. The summed E-state index contributed by atoms with van der Waals surface area (Å²) in [5.41, 5.74) is 2.68. The summed E-state index contributed by atoms with van der Waals surface area (Å²) in [5.74, 6) is 0. The summed E-state index contributed by atoms with van der Waals surface area (Å²) in [6.07, 6.45) is 0. The van der Waals surface area contributed by atoms with E-state index in [4.69, 9.17) is 0 Å². The molecule has 0 amide bonds. The summed E-state index contributed by atoms with van der Waals surface area (Å²) in [6, 6.07) is 18.0. The van der Waals surface area contributed by atoms with Crippen molar-refractivity contribution in [1.29, 1.82) is 0 Å². The second-order valence-electron chi connectivity index (χ2n) is 5.72. The molecule has 0 N–H and O–H groups in total. The predicted octanol–water partition coefficient (Wildman–Crippen LogP) is 4.64. The predicted molar refractivity (Wildman–Crippen MR) is 102 cm³/mol. The standard InChI is InChI=1S/C19H24N2S.Pb/c1-4-20(5-2)15(3)14-21-16-10-6-8-12-18(16)22-19-13-9-7-11-17(19)21;/h6-13,15H,4-5,14H2,1-3H3;. The fourth-order valence-electron chi connectivity index (χ4n) is 3.20. The molecule has 1 heterocycles. The first-order valence-electron chi connectivity index (χ1n) is 8.12. The minimum Gasteiger partial charge on any atom is -0.338 e. The van der Waals surface area contributed by atoms with Crippen molar-refractivity contribution in [2.24, 2.45) is 0 Å². The average Bonchev–Trinajstić information content (AvgIpc) is 2.55. The number of anilines is 2. The van der Waals surface area contributed by atoms with Crippen LogP contribution in [-0.2, 0) is 0 Å². The second kappa shape index (κ2) is 8.53. The van der Waals surface area contributed by atoms with Crippen LogP contribution in [0.15, 0.2) is 58.3 Å². The molecule has 0 fully saturated rings. The molecular formula is C19H24N2PbS. The number of hydrogen-bond donors (Lipinski definition) is 0. The Balaban J connectivity index is 0.00000192. The Bertz CT molecular complexity index is 597. The van der Waals surface area contributed by atoms with Crippen LogP contribution in [0.4, 0.5) is 11.4 Å². The first-order valence-corrected chi connectivity index (χ1v) is 8.93. The molecule has 3 rings (SSSR count). The molecule has 120 valence electrons. The monoisotopic (exact) mass is 520 g/mol. The Morgan fingerprint density at radius 1 is 0.913 bits per heavy atom. The van der Waals surface area contributed by atoms with Crippen LogP contribution >= 0.6 is 11.8 Å². The maximum Gasteiger partial charge on any atom is 0.0553 e. The third-order valence-electron chi connectivity index (χ3n) is 4.41. The van der Waals surface area contributed by atoms with Gasteiger partial charge in [0.25, 0.3) is 0 Å². The van der Waals surface area contributed by atoms with Gasteiger partial charge in [0, 0.05) is 49.7 Å². The van der Waals surface area contributed by atoms with Gasteiger partial charge in [0.05, 0.1) is 11.4 Å². The molecule has 23 heavy (non-hydrogen) atoms. The number of fused-ring (bicyclic) bond motifs is 2. The normalized spacial score (nSPS) is 14.0. The Hall–Kier alpha value is -0.528. The van der Waals surface area contributed by atoms with E-state index in [0.29, 0.717) is 6.04 Å².